The first-order chi connectivity index (χ1) is 14.7. The summed E-state index contributed by atoms with van der Waals surface area (Å²) in [5.74, 6) is 1.22. The molecule has 3 heterocycles. The highest BCUT2D eigenvalue weighted by Gasteiger charge is 2.54. The summed E-state index contributed by atoms with van der Waals surface area (Å²) in [6, 6.07) is 15.1. The molecular formula is C26H30N2O2. The fourth-order valence-corrected chi connectivity index (χ4v) is 6.38. The van der Waals surface area contributed by atoms with Crippen LogP contribution in [0.5, 0.6) is 0 Å². The van der Waals surface area contributed by atoms with E-state index in [0.717, 1.165) is 58.0 Å². The SMILES string of the molecule is O=C([C@@H]1C2CCC(CC2)N1C(=O)[C@@H]1C[C@@H]1c1ccc2ccccc2c1)N1CCCC1. The van der Waals surface area contributed by atoms with Crippen molar-refractivity contribution in [1.29, 1.82) is 0 Å². The summed E-state index contributed by atoms with van der Waals surface area (Å²) < 4.78 is 0. The van der Waals surface area contributed by atoms with E-state index in [1.165, 1.54) is 16.3 Å². The Morgan fingerprint density at radius 2 is 1.57 bits per heavy atom. The second kappa shape index (κ2) is 7.11. The largest absolute Gasteiger partial charge is 0.341 e. The standard InChI is InChI=1S/C26H30N2O2/c29-25(23-16-22(23)20-8-7-17-5-1-2-6-19(17)15-20)28-21-11-9-18(10-12-21)24(28)26(30)27-13-3-4-14-27/h1-2,5-8,15,18,21-24H,3-4,9-14,16H2/t18?,21?,22-,23-,24+/m1/s1. The van der Waals surface area contributed by atoms with Crippen molar-refractivity contribution in [1.82, 2.24) is 9.80 Å². The highest BCUT2D eigenvalue weighted by atomic mass is 16.2. The van der Waals surface area contributed by atoms with Gasteiger partial charge in [-0.3, -0.25) is 9.59 Å². The number of hydrogen-bond donors (Lipinski definition) is 0. The highest BCUT2D eigenvalue weighted by molar-refractivity contribution is 5.92. The zero-order chi connectivity index (χ0) is 20.2. The summed E-state index contributed by atoms with van der Waals surface area (Å²) in [4.78, 5) is 31.2. The van der Waals surface area contributed by atoms with E-state index >= 15 is 0 Å². The van der Waals surface area contributed by atoms with Crippen molar-refractivity contribution < 1.29 is 9.59 Å². The van der Waals surface area contributed by atoms with Crippen LogP contribution in [0.15, 0.2) is 42.5 Å². The molecule has 30 heavy (non-hydrogen) atoms. The monoisotopic (exact) mass is 402 g/mol. The van der Waals surface area contributed by atoms with Gasteiger partial charge in [-0.05, 0) is 73.1 Å². The average Bonchev–Trinajstić information content (AvgIpc) is 3.42. The Balaban J connectivity index is 1.24. The molecule has 0 radical (unpaired) electrons. The summed E-state index contributed by atoms with van der Waals surface area (Å²) in [5, 5.41) is 2.49. The first kappa shape index (κ1) is 18.4. The van der Waals surface area contributed by atoms with Crippen LogP contribution >= 0.6 is 0 Å². The van der Waals surface area contributed by atoms with E-state index < -0.39 is 0 Å². The van der Waals surface area contributed by atoms with Crippen LogP contribution in [-0.2, 0) is 9.59 Å². The Kier molecular flexibility index (Phi) is 4.36. The molecule has 4 nitrogen and oxygen atoms in total. The van der Waals surface area contributed by atoms with Crippen molar-refractivity contribution in [2.75, 3.05) is 13.1 Å². The number of carbonyl (C=O) groups excluding carboxylic acids is 2. The molecule has 156 valence electrons. The van der Waals surface area contributed by atoms with Crippen LogP contribution in [-0.4, -0.2) is 46.8 Å². The Hall–Kier alpha value is -2.36. The molecular weight excluding hydrogens is 372 g/mol. The predicted molar refractivity (Wildman–Crippen MR) is 117 cm³/mol. The normalized spacial score (nSPS) is 32.6. The number of likely N-dealkylation sites (tertiary alicyclic amines) is 1. The summed E-state index contributed by atoms with van der Waals surface area (Å²) in [7, 11) is 0. The van der Waals surface area contributed by atoms with E-state index in [0.29, 0.717) is 11.8 Å². The third-order valence-electron chi connectivity index (χ3n) is 8.12. The van der Waals surface area contributed by atoms with Gasteiger partial charge in [-0.2, -0.15) is 0 Å². The first-order valence-electron chi connectivity index (χ1n) is 11.8. The van der Waals surface area contributed by atoms with Crippen LogP contribution in [0.3, 0.4) is 0 Å². The summed E-state index contributed by atoms with van der Waals surface area (Å²) in [6.07, 6.45) is 7.51. The van der Waals surface area contributed by atoms with Crippen molar-refractivity contribution in [3.63, 3.8) is 0 Å². The molecule has 3 atom stereocenters. The van der Waals surface area contributed by atoms with E-state index in [-0.39, 0.29) is 29.8 Å². The Bertz CT molecular complexity index is 987. The second-order valence-corrected chi connectivity index (χ2v) is 9.85. The number of fused-ring (bicyclic) bond motifs is 4. The zero-order valence-electron chi connectivity index (χ0n) is 17.5. The van der Waals surface area contributed by atoms with Crippen molar-refractivity contribution in [2.45, 2.75) is 62.9 Å². The quantitative estimate of drug-likeness (QED) is 0.766. The van der Waals surface area contributed by atoms with E-state index in [2.05, 4.69) is 47.4 Å². The molecule has 5 fully saturated rings. The molecule has 2 bridgehead atoms. The molecule has 0 N–H and O–H groups in total. The Labute approximate surface area is 178 Å². The maximum atomic E-state index is 13.7. The van der Waals surface area contributed by atoms with Gasteiger partial charge in [0.25, 0.3) is 0 Å². The third-order valence-corrected chi connectivity index (χ3v) is 8.12. The molecule has 2 aromatic carbocycles. The number of amides is 2. The fourth-order valence-electron chi connectivity index (χ4n) is 6.38. The summed E-state index contributed by atoms with van der Waals surface area (Å²) in [6.45, 7) is 1.75. The van der Waals surface area contributed by atoms with Gasteiger partial charge in [0.2, 0.25) is 11.8 Å². The molecule has 0 unspecified atom stereocenters. The molecule has 2 saturated carbocycles. The Morgan fingerprint density at radius 3 is 2.33 bits per heavy atom. The van der Waals surface area contributed by atoms with E-state index in [1.54, 1.807) is 0 Å². The number of benzene rings is 2. The molecule has 2 aromatic rings. The van der Waals surface area contributed by atoms with Gasteiger partial charge in [-0.25, -0.2) is 0 Å². The smallest absolute Gasteiger partial charge is 0.245 e. The lowest BCUT2D eigenvalue weighted by molar-refractivity contribution is -0.159. The van der Waals surface area contributed by atoms with Gasteiger partial charge in [0, 0.05) is 25.0 Å². The number of rotatable bonds is 3. The lowest BCUT2D eigenvalue weighted by Crippen LogP contribution is -2.63. The van der Waals surface area contributed by atoms with Gasteiger partial charge >= 0.3 is 0 Å². The van der Waals surface area contributed by atoms with Crippen LogP contribution < -0.4 is 0 Å². The highest BCUT2D eigenvalue weighted by Crippen LogP contribution is 2.51. The van der Waals surface area contributed by atoms with E-state index in [1.807, 2.05) is 4.90 Å². The van der Waals surface area contributed by atoms with Crippen molar-refractivity contribution >= 4 is 22.6 Å². The van der Waals surface area contributed by atoms with Crippen molar-refractivity contribution in [3.8, 4) is 0 Å². The van der Waals surface area contributed by atoms with Gasteiger partial charge < -0.3 is 9.80 Å². The lowest BCUT2D eigenvalue weighted by atomic mass is 9.73. The summed E-state index contributed by atoms with van der Waals surface area (Å²) >= 11 is 0. The molecule has 7 rings (SSSR count). The molecule has 5 aliphatic rings. The minimum absolute atomic E-state index is 0.0550. The lowest BCUT2D eigenvalue weighted by Gasteiger charge is -2.51. The van der Waals surface area contributed by atoms with Crippen LogP contribution in [0, 0.1) is 11.8 Å². The van der Waals surface area contributed by atoms with Crippen LogP contribution in [0.2, 0.25) is 0 Å². The van der Waals surface area contributed by atoms with Crippen LogP contribution in [0.4, 0.5) is 0 Å². The van der Waals surface area contributed by atoms with Gasteiger partial charge in [0.1, 0.15) is 6.04 Å². The maximum absolute atomic E-state index is 13.7. The molecule has 2 aliphatic carbocycles. The van der Waals surface area contributed by atoms with E-state index in [4.69, 9.17) is 0 Å². The van der Waals surface area contributed by atoms with Gasteiger partial charge in [0.05, 0.1) is 0 Å². The van der Waals surface area contributed by atoms with Crippen LogP contribution in [0.1, 0.15) is 56.4 Å². The average molecular weight is 403 g/mol. The van der Waals surface area contributed by atoms with Gasteiger partial charge in [-0.1, -0.05) is 42.5 Å². The first-order valence-corrected chi connectivity index (χ1v) is 11.8. The molecule has 3 saturated heterocycles. The Morgan fingerprint density at radius 1 is 0.833 bits per heavy atom. The minimum Gasteiger partial charge on any atom is -0.341 e. The van der Waals surface area contributed by atoms with Crippen molar-refractivity contribution in [2.24, 2.45) is 11.8 Å². The number of carbonyl (C=O) groups is 2. The van der Waals surface area contributed by atoms with Crippen LogP contribution in [0.25, 0.3) is 10.8 Å². The number of hydrogen-bond acceptors (Lipinski definition) is 2. The molecule has 3 aliphatic heterocycles. The maximum Gasteiger partial charge on any atom is 0.245 e. The minimum atomic E-state index is -0.194. The topological polar surface area (TPSA) is 40.6 Å². The molecule has 0 spiro atoms. The second-order valence-electron chi connectivity index (χ2n) is 9.85. The number of piperidine rings is 2. The molecule has 4 heteroatoms. The van der Waals surface area contributed by atoms with Crippen molar-refractivity contribution in [3.05, 3.63) is 48.0 Å². The fraction of sp³-hybridized carbons (Fsp3) is 0.538. The number of nitrogens with zero attached hydrogens (tertiary/aromatic N) is 2. The predicted octanol–water partition coefficient (Wildman–Crippen LogP) is 4.34. The van der Waals surface area contributed by atoms with Gasteiger partial charge in [-0.15, -0.1) is 0 Å². The van der Waals surface area contributed by atoms with E-state index in [9.17, 15) is 9.59 Å². The van der Waals surface area contributed by atoms with Gasteiger partial charge in [0.15, 0.2) is 0 Å². The summed E-state index contributed by atoms with van der Waals surface area (Å²) in [5.41, 5.74) is 1.27. The third kappa shape index (κ3) is 2.95. The zero-order valence-corrected chi connectivity index (χ0v) is 17.5. The molecule has 2 amide bonds. The molecule has 0 aromatic heterocycles.